The van der Waals surface area contributed by atoms with Gasteiger partial charge >= 0.3 is 0 Å². The van der Waals surface area contributed by atoms with Gasteiger partial charge in [0.1, 0.15) is 5.58 Å². The number of likely N-dealkylation sites (tertiary alicyclic amines) is 1. The van der Waals surface area contributed by atoms with Crippen molar-refractivity contribution in [2.45, 2.75) is 65.3 Å². The Morgan fingerprint density at radius 1 is 1.22 bits per heavy atom. The van der Waals surface area contributed by atoms with Crippen molar-refractivity contribution in [3.63, 3.8) is 0 Å². The van der Waals surface area contributed by atoms with Crippen LogP contribution >= 0.6 is 11.3 Å². The minimum absolute atomic E-state index is 0.201. The SMILES string of the molecule is CCc1c(CCN2CCC(c3coc4cc(C)ccc34)CC2)sc2c1CCN(C(C)=O)C2. The van der Waals surface area contributed by atoms with E-state index in [1.165, 1.54) is 34.2 Å². The molecule has 3 aromatic rings. The Hall–Kier alpha value is -2.11. The Morgan fingerprint density at radius 3 is 2.78 bits per heavy atom. The molecule has 170 valence electrons. The fourth-order valence-electron chi connectivity index (χ4n) is 5.61. The van der Waals surface area contributed by atoms with Crippen LogP contribution in [0.1, 0.15) is 64.6 Å². The monoisotopic (exact) mass is 450 g/mol. The van der Waals surface area contributed by atoms with Gasteiger partial charge in [0, 0.05) is 40.7 Å². The molecule has 2 aliphatic rings. The van der Waals surface area contributed by atoms with Crippen molar-refractivity contribution in [2.75, 3.05) is 26.2 Å². The molecule has 0 unspecified atom stereocenters. The molecule has 1 fully saturated rings. The zero-order chi connectivity index (χ0) is 22.2. The van der Waals surface area contributed by atoms with Gasteiger partial charge in [0.2, 0.25) is 5.91 Å². The van der Waals surface area contributed by atoms with E-state index < -0.39 is 0 Å². The van der Waals surface area contributed by atoms with Gasteiger partial charge in [-0.05, 0) is 80.8 Å². The van der Waals surface area contributed by atoms with Crippen LogP contribution in [0.3, 0.4) is 0 Å². The summed E-state index contributed by atoms with van der Waals surface area (Å²) in [6, 6.07) is 6.57. The van der Waals surface area contributed by atoms with E-state index in [1.54, 1.807) is 22.9 Å². The van der Waals surface area contributed by atoms with Crippen molar-refractivity contribution >= 4 is 28.2 Å². The van der Waals surface area contributed by atoms with Gasteiger partial charge in [-0.2, -0.15) is 0 Å². The molecule has 2 aliphatic heterocycles. The number of aryl methyl sites for hydroxylation is 1. The summed E-state index contributed by atoms with van der Waals surface area (Å²) in [6.45, 7) is 11.2. The average Bonchev–Trinajstić information content (AvgIpc) is 3.37. The molecule has 0 saturated carbocycles. The third kappa shape index (κ3) is 4.13. The molecule has 4 heterocycles. The fraction of sp³-hybridized carbons (Fsp3) is 0.519. The van der Waals surface area contributed by atoms with E-state index in [4.69, 9.17) is 4.42 Å². The van der Waals surface area contributed by atoms with Crippen LogP contribution in [0, 0.1) is 6.92 Å². The van der Waals surface area contributed by atoms with Crippen molar-refractivity contribution in [3.05, 3.63) is 56.5 Å². The Bertz CT molecular complexity index is 1120. The van der Waals surface area contributed by atoms with Gasteiger partial charge < -0.3 is 14.2 Å². The van der Waals surface area contributed by atoms with E-state index in [0.29, 0.717) is 5.92 Å². The highest BCUT2D eigenvalue weighted by Crippen LogP contribution is 2.36. The summed E-state index contributed by atoms with van der Waals surface area (Å²) in [5.41, 5.74) is 6.80. The number of thiophene rings is 1. The molecule has 0 bridgehead atoms. The van der Waals surface area contributed by atoms with Gasteiger partial charge in [0.25, 0.3) is 0 Å². The summed E-state index contributed by atoms with van der Waals surface area (Å²) in [4.78, 5) is 19.4. The van der Waals surface area contributed by atoms with Crippen LogP contribution in [0.5, 0.6) is 0 Å². The fourth-order valence-corrected chi connectivity index (χ4v) is 7.06. The maximum Gasteiger partial charge on any atom is 0.219 e. The molecule has 0 aliphatic carbocycles. The lowest BCUT2D eigenvalue weighted by Crippen LogP contribution is -2.34. The first kappa shape index (κ1) is 21.7. The third-order valence-corrected chi connectivity index (χ3v) is 8.81. The number of carbonyl (C=O) groups is 1. The molecule has 5 heteroatoms. The number of benzene rings is 1. The molecule has 1 aromatic carbocycles. The molecule has 0 N–H and O–H groups in total. The summed E-state index contributed by atoms with van der Waals surface area (Å²) in [7, 11) is 0. The number of piperidine rings is 1. The van der Waals surface area contributed by atoms with Crippen LogP contribution in [0.2, 0.25) is 0 Å². The zero-order valence-electron chi connectivity index (χ0n) is 19.6. The average molecular weight is 451 g/mol. The van der Waals surface area contributed by atoms with Gasteiger partial charge in [-0.3, -0.25) is 4.79 Å². The smallest absolute Gasteiger partial charge is 0.219 e. The molecule has 2 aromatic heterocycles. The normalized spacial score (nSPS) is 17.8. The minimum atomic E-state index is 0.201. The van der Waals surface area contributed by atoms with Crippen molar-refractivity contribution in [1.82, 2.24) is 9.80 Å². The van der Waals surface area contributed by atoms with E-state index in [9.17, 15) is 4.79 Å². The molecule has 0 spiro atoms. The molecule has 0 radical (unpaired) electrons. The van der Waals surface area contributed by atoms with Gasteiger partial charge in [0.15, 0.2) is 0 Å². The molecule has 5 rings (SSSR count). The summed E-state index contributed by atoms with van der Waals surface area (Å²) < 4.78 is 5.87. The maximum absolute atomic E-state index is 11.8. The molecule has 0 atom stereocenters. The van der Waals surface area contributed by atoms with Crippen LogP contribution in [0.25, 0.3) is 11.0 Å². The quantitative estimate of drug-likeness (QED) is 0.501. The number of rotatable bonds is 5. The van der Waals surface area contributed by atoms with Crippen LogP contribution in [-0.4, -0.2) is 41.9 Å². The maximum atomic E-state index is 11.8. The van der Waals surface area contributed by atoms with Crippen LogP contribution < -0.4 is 0 Å². The summed E-state index contributed by atoms with van der Waals surface area (Å²) >= 11 is 1.96. The second-order valence-electron chi connectivity index (χ2n) is 9.51. The van der Waals surface area contributed by atoms with Crippen molar-refractivity contribution in [2.24, 2.45) is 0 Å². The lowest BCUT2D eigenvalue weighted by atomic mass is 9.89. The molecular weight excluding hydrogens is 416 g/mol. The highest BCUT2D eigenvalue weighted by atomic mass is 32.1. The molecule has 1 saturated heterocycles. The zero-order valence-corrected chi connectivity index (χ0v) is 20.4. The van der Waals surface area contributed by atoms with Crippen LogP contribution in [-0.2, 0) is 30.6 Å². The Labute approximate surface area is 195 Å². The van der Waals surface area contributed by atoms with Gasteiger partial charge in [-0.25, -0.2) is 0 Å². The largest absolute Gasteiger partial charge is 0.464 e. The summed E-state index contributed by atoms with van der Waals surface area (Å²) in [6.07, 6.45) is 7.68. The highest BCUT2D eigenvalue weighted by Gasteiger charge is 2.26. The minimum Gasteiger partial charge on any atom is -0.464 e. The Kier molecular flexibility index (Phi) is 6.13. The van der Waals surface area contributed by atoms with Crippen molar-refractivity contribution < 1.29 is 9.21 Å². The number of carbonyl (C=O) groups excluding carboxylic acids is 1. The number of hydrogen-bond donors (Lipinski definition) is 0. The number of amides is 1. The number of furan rings is 1. The topological polar surface area (TPSA) is 36.7 Å². The van der Waals surface area contributed by atoms with E-state index in [1.807, 2.05) is 22.5 Å². The lowest BCUT2D eigenvalue weighted by Gasteiger charge is -2.31. The molecule has 32 heavy (non-hydrogen) atoms. The van der Waals surface area contributed by atoms with Crippen molar-refractivity contribution in [1.29, 1.82) is 0 Å². The predicted molar refractivity (Wildman–Crippen MR) is 132 cm³/mol. The van der Waals surface area contributed by atoms with Gasteiger partial charge in [-0.1, -0.05) is 19.1 Å². The first-order valence-electron chi connectivity index (χ1n) is 12.1. The second kappa shape index (κ2) is 9.03. The molecule has 4 nitrogen and oxygen atoms in total. The van der Waals surface area contributed by atoms with Crippen LogP contribution in [0.4, 0.5) is 0 Å². The summed E-state index contributed by atoms with van der Waals surface area (Å²) in [5.74, 6) is 0.806. The number of fused-ring (bicyclic) bond motifs is 2. The van der Waals surface area contributed by atoms with Gasteiger partial charge in [0.05, 0.1) is 12.8 Å². The van der Waals surface area contributed by atoms with Crippen molar-refractivity contribution in [3.8, 4) is 0 Å². The molecular formula is C27H34N2O2S. The van der Waals surface area contributed by atoms with E-state index in [-0.39, 0.29) is 5.91 Å². The predicted octanol–water partition coefficient (Wildman–Crippen LogP) is 5.69. The summed E-state index contributed by atoms with van der Waals surface area (Å²) in [5, 5.41) is 1.30. The standard InChI is InChI=1S/C27H34N2O2S/c1-4-21-23-9-14-29(19(3)30)16-27(23)32-26(21)10-13-28-11-7-20(8-12-28)24-17-31-25-15-18(2)5-6-22(24)25/h5-6,15,17,20H,4,7-14,16H2,1-3H3. The van der Waals surface area contributed by atoms with Gasteiger partial charge in [-0.15, -0.1) is 11.3 Å². The Morgan fingerprint density at radius 2 is 2.03 bits per heavy atom. The first-order valence-corrected chi connectivity index (χ1v) is 12.9. The molecule has 1 amide bonds. The second-order valence-corrected chi connectivity index (χ2v) is 10.7. The lowest BCUT2D eigenvalue weighted by molar-refractivity contribution is -0.129. The van der Waals surface area contributed by atoms with E-state index >= 15 is 0 Å². The highest BCUT2D eigenvalue weighted by molar-refractivity contribution is 7.12. The Balaban J connectivity index is 1.20. The van der Waals surface area contributed by atoms with Crippen LogP contribution in [0.15, 0.2) is 28.9 Å². The number of hydrogen-bond acceptors (Lipinski definition) is 4. The third-order valence-electron chi connectivity index (χ3n) is 7.49. The number of nitrogens with zero attached hydrogens (tertiary/aromatic N) is 2. The first-order chi connectivity index (χ1) is 15.5. The van der Waals surface area contributed by atoms with E-state index in [0.717, 1.165) is 57.6 Å². The van der Waals surface area contributed by atoms with E-state index in [2.05, 4.69) is 36.9 Å².